The minimum atomic E-state index is -4.26. The van der Waals surface area contributed by atoms with E-state index in [1.165, 1.54) is 89.0 Å². The Morgan fingerprint density at radius 2 is 1.37 bits per heavy atom. The molecule has 3 aliphatic heterocycles. The van der Waals surface area contributed by atoms with E-state index in [0.29, 0.717) is 6.42 Å². The predicted octanol–water partition coefficient (Wildman–Crippen LogP) is 9.85. The minimum absolute atomic E-state index is 0.0785. The molecule has 4 heterocycles. The molecule has 0 saturated carbocycles. The topological polar surface area (TPSA) is 42.0 Å². The lowest BCUT2D eigenvalue weighted by Gasteiger charge is -2.47. The van der Waals surface area contributed by atoms with E-state index >= 15 is 0 Å². The summed E-state index contributed by atoms with van der Waals surface area (Å²) in [6.45, 7) is 3.66. The molecule has 1 aromatic heterocycles. The number of pyridine rings is 1. The van der Waals surface area contributed by atoms with Gasteiger partial charge in [0.05, 0.1) is 30.7 Å². The molecule has 232 valence electrons. The lowest BCUT2D eigenvalue weighted by Crippen LogP contribution is -2.59. The SMILES string of the molecule is O=C(CCCCCCCCCCCCc1ccc(C(F)(F)F)cc1)Nc1ccc2nc([N+]34CCC(CC3)CC4)ccc2c1. The number of carbonyl (C=O) groups is 1. The predicted molar refractivity (Wildman–Crippen MR) is 170 cm³/mol. The highest BCUT2D eigenvalue weighted by atomic mass is 19.4. The standard InChI is InChI=1S/C36H46F3N3O/c37-36(38,39)31-16-13-28(14-17-31)11-9-7-5-3-1-2-4-6-8-10-12-35(43)40-32-18-19-33-30(27-32)15-20-34(41-33)42-24-21-29(22-25-42)23-26-42/h13-20,27,29H,1-12,21-26H2/p+1. The average molecular weight is 595 g/mol. The number of nitrogens with zero attached hydrogens (tertiary/aromatic N) is 2. The molecular weight excluding hydrogens is 547 g/mol. The second-order valence-corrected chi connectivity index (χ2v) is 12.9. The Bertz CT molecular complexity index is 1320. The van der Waals surface area contributed by atoms with Crippen molar-refractivity contribution in [3.8, 4) is 0 Å². The molecule has 1 amide bonds. The van der Waals surface area contributed by atoms with E-state index in [1.807, 2.05) is 18.2 Å². The molecule has 2 bridgehead atoms. The van der Waals surface area contributed by atoms with Gasteiger partial charge in [-0.3, -0.25) is 9.28 Å². The summed E-state index contributed by atoms with van der Waals surface area (Å²) < 4.78 is 39.0. The number of alkyl halides is 3. The number of carbonyl (C=O) groups excluding carboxylic acids is 1. The van der Waals surface area contributed by atoms with Gasteiger partial charge < -0.3 is 5.32 Å². The van der Waals surface area contributed by atoms with Gasteiger partial charge in [-0.2, -0.15) is 18.2 Å². The number of piperidine rings is 3. The number of anilines is 1. The number of amides is 1. The first-order valence-electron chi connectivity index (χ1n) is 16.5. The summed E-state index contributed by atoms with van der Waals surface area (Å²) in [6.07, 6.45) is 12.4. The molecule has 2 aromatic carbocycles. The zero-order chi connectivity index (χ0) is 30.1. The first-order valence-corrected chi connectivity index (χ1v) is 16.5. The third kappa shape index (κ3) is 8.81. The number of hydrogen-bond donors (Lipinski definition) is 1. The van der Waals surface area contributed by atoms with Gasteiger partial charge in [0, 0.05) is 42.8 Å². The van der Waals surface area contributed by atoms with Crippen molar-refractivity contribution in [2.75, 3.05) is 25.0 Å². The fourth-order valence-electron chi connectivity index (χ4n) is 6.97. The number of unbranched alkanes of at least 4 members (excludes halogenated alkanes) is 9. The summed E-state index contributed by atoms with van der Waals surface area (Å²) in [5.74, 6) is 2.21. The second kappa shape index (κ2) is 14.7. The summed E-state index contributed by atoms with van der Waals surface area (Å²) in [7, 11) is 0. The highest BCUT2D eigenvalue weighted by Crippen LogP contribution is 2.38. The Balaban J connectivity index is 0.896. The molecule has 0 radical (unpaired) electrons. The molecule has 3 fully saturated rings. The third-order valence-electron chi connectivity index (χ3n) is 9.74. The van der Waals surface area contributed by atoms with Gasteiger partial charge in [0.15, 0.2) is 0 Å². The number of benzene rings is 2. The Hall–Kier alpha value is -2.93. The maximum absolute atomic E-state index is 12.7. The van der Waals surface area contributed by atoms with Crippen LogP contribution >= 0.6 is 0 Å². The van der Waals surface area contributed by atoms with Crippen LogP contribution in [0.4, 0.5) is 24.7 Å². The van der Waals surface area contributed by atoms with Gasteiger partial charge in [0.1, 0.15) is 0 Å². The quantitative estimate of drug-likeness (QED) is 0.141. The van der Waals surface area contributed by atoms with Crippen LogP contribution < -0.4 is 9.80 Å². The fourth-order valence-corrected chi connectivity index (χ4v) is 6.97. The number of nitrogens with one attached hydrogen (secondary N) is 1. The van der Waals surface area contributed by atoms with Gasteiger partial charge in [0.25, 0.3) is 0 Å². The van der Waals surface area contributed by atoms with Crippen molar-refractivity contribution in [3.05, 3.63) is 65.7 Å². The lowest BCUT2D eigenvalue weighted by molar-refractivity contribution is -0.137. The molecule has 0 aliphatic carbocycles. The summed E-state index contributed by atoms with van der Waals surface area (Å²) in [6, 6.07) is 16.0. The number of hydrogen-bond acceptors (Lipinski definition) is 2. The fraction of sp³-hybridized carbons (Fsp3) is 0.556. The molecule has 3 saturated heterocycles. The Morgan fingerprint density at radius 1 is 0.767 bits per heavy atom. The number of quaternary nitrogens is 1. The average Bonchev–Trinajstić information content (AvgIpc) is 3.02. The number of rotatable bonds is 15. The molecule has 0 spiro atoms. The summed E-state index contributed by atoms with van der Waals surface area (Å²) >= 11 is 0. The van der Waals surface area contributed by atoms with Gasteiger partial charge in [-0.05, 0) is 67.1 Å². The van der Waals surface area contributed by atoms with Gasteiger partial charge in [-0.15, -0.1) is 0 Å². The lowest BCUT2D eigenvalue weighted by atomic mass is 9.85. The summed E-state index contributed by atoms with van der Waals surface area (Å²) in [5, 5.41) is 4.15. The highest BCUT2D eigenvalue weighted by molar-refractivity contribution is 5.93. The Labute approximate surface area is 254 Å². The van der Waals surface area contributed by atoms with E-state index < -0.39 is 11.7 Å². The van der Waals surface area contributed by atoms with Gasteiger partial charge in [-0.1, -0.05) is 63.5 Å². The van der Waals surface area contributed by atoms with Gasteiger partial charge in [-0.25, -0.2) is 0 Å². The molecule has 3 aliphatic rings. The summed E-state index contributed by atoms with van der Waals surface area (Å²) in [5.41, 5.74) is 2.25. The van der Waals surface area contributed by atoms with Gasteiger partial charge in [0.2, 0.25) is 11.7 Å². The first kappa shape index (κ1) is 31.5. The van der Waals surface area contributed by atoms with Crippen LogP contribution in [-0.2, 0) is 17.4 Å². The van der Waals surface area contributed by atoms with Crippen molar-refractivity contribution in [2.45, 2.75) is 102 Å². The Morgan fingerprint density at radius 3 is 2.00 bits per heavy atom. The number of fused-ring (bicyclic) bond motifs is 4. The summed E-state index contributed by atoms with van der Waals surface area (Å²) in [4.78, 5) is 17.6. The van der Waals surface area contributed by atoms with E-state index in [2.05, 4.69) is 17.4 Å². The number of halogens is 3. The van der Waals surface area contributed by atoms with E-state index in [4.69, 9.17) is 4.98 Å². The molecule has 6 rings (SSSR count). The molecular formula is C36H47F3N3O+. The van der Waals surface area contributed by atoms with E-state index in [1.54, 1.807) is 12.1 Å². The van der Waals surface area contributed by atoms with E-state index in [0.717, 1.165) is 71.1 Å². The molecule has 4 nitrogen and oxygen atoms in total. The van der Waals surface area contributed by atoms with Crippen LogP contribution in [0.5, 0.6) is 0 Å². The Kier molecular flexibility index (Phi) is 10.8. The van der Waals surface area contributed by atoms with Crippen molar-refractivity contribution >= 4 is 28.3 Å². The molecule has 1 N–H and O–H groups in total. The van der Waals surface area contributed by atoms with Crippen LogP contribution in [0.3, 0.4) is 0 Å². The van der Waals surface area contributed by atoms with Crippen LogP contribution in [0.1, 0.15) is 101 Å². The van der Waals surface area contributed by atoms with Crippen molar-refractivity contribution in [1.82, 2.24) is 9.47 Å². The van der Waals surface area contributed by atoms with Crippen LogP contribution in [-0.4, -0.2) is 30.5 Å². The normalized spacial score (nSPS) is 20.0. The van der Waals surface area contributed by atoms with Gasteiger partial charge >= 0.3 is 6.18 Å². The number of aromatic nitrogens is 1. The minimum Gasteiger partial charge on any atom is -0.326 e. The highest BCUT2D eigenvalue weighted by Gasteiger charge is 2.42. The van der Waals surface area contributed by atoms with Crippen molar-refractivity contribution in [2.24, 2.45) is 5.92 Å². The second-order valence-electron chi connectivity index (χ2n) is 12.9. The maximum atomic E-state index is 12.7. The zero-order valence-electron chi connectivity index (χ0n) is 25.4. The zero-order valence-corrected chi connectivity index (χ0v) is 25.4. The van der Waals surface area contributed by atoms with Crippen LogP contribution in [0.2, 0.25) is 0 Å². The largest absolute Gasteiger partial charge is 0.416 e. The van der Waals surface area contributed by atoms with Crippen molar-refractivity contribution in [1.29, 1.82) is 0 Å². The third-order valence-corrected chi connectivity index (χ3v) is 9.74. The van der Waals surface area contributed by atoms with Crippen LogP contribution in [0, 0.1) is 5.92 Å². The molecule has 3 aromatic rings. The maximum Gasteiger partial charge on any atom is 0.416 e. The number of aryl methyl sites for hydroxylation is 1. The molecule has 0 atom stereocenters. The van der Waals surface area contributed by atoms with Crippen molar-refractivity contribution < 1.29 is 18.0 Å². The molecule has 7 heteroatoms. The molecule has 0 unspecified atom stereocenters. The van der Waals surface area contributed by atoms with Crippen molar-refractivity contribution in [3.63, 3.8) is 0 Å². The van der Waals surface area contributed by atoms with Crippen LogP contribution in [0.15, 0.2) is 54.6 Å². The van der Waals surface area contributed by atoms with E-state index in [-0.39, 0.29) is 5.91 Å². The molecule has 43 heavy (non-hydrogen) atoms. The smallest absolute Gasteiger partial charge is 0.326 e. The van der Waals surface area contributed by atoms with E-state index in [9.17, 15) is 18.0 Å². The first-order chi connectivity index (χ1) is 20.8. The van der Waals surface area contributed by atoms with Crippen LogP contribution in [0.25, 0.3) is 10.9 Å². The monoisotopic (exact) mass is 594 g/mol.